The van der Waals surface area contributed by atoms with E-state index in [0.29, 0.717) is 32.6 Å². The largest absolute Gasteiger partial charge is 0.462 e. The van der Waals surface area contributed by atoms with Crippen LogP contribution in [0.2, 0.25) is 0 Å². The van der Waals surface area contributed by atoms with Gasteiger partial charge in [0.1, 0.15) is 13.6 Å². The molecule has 0 rings (SSSR count). The van der Waals surface area contributed by atoms with Crippen molar-refractivity contribution in [3.8, 4) is 0 Å². The lowest BCUT2D eigenvalue weighted by molar-refractivity contribution is -0.150. The molecule has 295 valence electrons. The minimum atomic E-state index is -1.43. The molecule has 0 heterocycles. The Morgan fingerprint density at radius 1 is 0.700 bits per heavy atom. The molecule has 0 aliphatic carbocycles. The van der Waals surface area contributed by atoms with Gasteiger partial charge in [-0.2, -0.15) is 0 Å². The molecule has 0 aliphatic heterocycles. The van der Waals surface area contributed by atoms with E-state index < -0.39 is 7.61 Å². The standard InChI is InChI=1S/C41H82BNO5PS/c1-5-8-11-14-16-18-19-20-22-24-27-30-34-43(38(4)44)39(37-47-50-49-42)36-46-35-33-40(31-28-25-13-10-7-3)48-41(45)32-29-26-23-21-17-15-12-9-6-2/h39-40,42,49H,5-37H2,1-4H3/t39-,40-,49?/m1/s1/i42T,49D. The highest BCUT2D eigenvalue weighted by atomic mass is 32.7. The third-order valence-corrected chi connectivity index (χ3v) is 10.7. The summed E-state index contributed by atoms with van der Waals surface area (Å²) in [5.41, 5.74) is 0. The maximum Gasteiger partial charge on any atom is 0.306 e. The second-order valence-corrected chi connectivity index (χ2v) is 16.2. The average molecular weight is 746 g/mol. The molecule has 9 heteroatoms. The number of hydrogen-bond donors (Lipinski definition) is 0. The van der Waals surface area contributed by atoms with Crippen molar-refractivity contribution in [2.24, 2.45) is 0 Å². The highest BCUT2D eigenvalue weighted by molar-refractivity contribution is 8.53. The summed E-state index contributed by atoms with van der Waals surface area (Å²) >= 11 is 0.998. The van der Waals surface area contributed by atoms with Gasteiger partial charge in [-0.1, -0.05) is 176 Å². The molecule has 1 unspecified atom stereocenters. The fourth-order valence-electron chi connectivity index (χ4n) is 6.58. The molecular formula is C41H82BNO5PS. The van der Waals surface area contributed by atoms with Crippen LogP contribution in [-0.2, 0) is 23.2 Å². The highest BCUT2D eigenvalue weighted by Crippen LogP contribution is 2.25. The van der Waals surface area contributed by atoms with Crippen LogP contribution in [0.3, 0.4) is 0 Å². The van der Waals surface area contributed by atoms with E-state index in [2.05, 4.69) is 20.8 Å². The second kappa shape index (κ2) is 39.9. The lowest BCUT2D eigenvalue weighted by Gasteiger charge is -2.31. The number of nitrogens with zero attached hydrogens (tertiary/aromatic N) is 1. The Labute approximate surface area is 321 Å². The predicted octanol–water partition coefficient (Wildman–Crippen LogP) is 12.6. The maximum atomic E-state index is 12.8. The first kappa shape index (κ1) is 45.9. The van der Waals surface area contributed by atoms with Gasteiger partial charge < -0.3 is 18.6 Å². The van der Waals surface area contributed by atoms with Crippen molar-refractivity contribution in [2.45, 2.75) is 226 Å². The SMILES string of the molecule is [2H]P([B][3H])SOC[C@@H](COCC[C@@H](CCCCCCC)OC(=O)CCCCCCCCCCC)N(CCCCCCCCCCCCCC)C(C)=O. The molecule has 50 heavy (non-hydrogen) atoms. The van der Waals surface area contributed by atoms with Gasteiger partial charge in [0.05, 0.1) is 27.1 Å². The Morgan fingerprint density at radius 2 is 1.18 bits per heavy atom. The number of carbonyl (C=O) groups excluding carboxylic acids is 2. The number of carbonyl (C=O) groups is 2. The maximum absolute atomic E-state index is 12.8. The smallest absolute Gasteiger partial charge is 0.306 e. The van der Waals surface area contributed by atoms with Gasteiger partial charge >= 0.3 is 5.97 Å². The van der Waals surface area contributed by atoms with Gasteiger partial charge in [0, 0.05) is 38.0 Å². The van der Waals surface area contributed by atoms with E-state index in [9.17, 15) is 9.59 Å². The zero-order valence-corrected chi connectivity index (χ0v) is 35.1. The Balaban J connectivity index is 4.84. The first-order chi connectivity index (χ1) is 25.4. The first-order valence-electron chi connectivity index (χ1n) is 22.3. The Hall–Kier alpha value is -0.295. The molecule has 6 nitrogen and oxygen atoms in total. The molecule has 0 aromatic heterocycles. The van der Waals surface area contributed by atoms with Gasteiger partial charge in [-0.05, 0) is 27.0 Å². The molecule has 0 N–H and O–H groups in total. The molecular weight excluding hydrogens is 660 g/mol. The van der Waals surface area contributed by atoms with Crippen LogP contribution in [0.15, 0.2) is 0 Å². The normalized spacial score (nSPS) is 13.8. The quantitative estimate of drug-likeness (QED) is 0.0204. The van der Waals surface area contributed by atoms with Crippen LogP contribution in [0.5, 0.6) is 0 Å². The molecule has 0 saturated carbocycles. The number of ether oxygens (including phenoxy) is 2. The number of amides is 1. The third kappa shape index (κ3) is 33.5. The van der Waals surface area contributed by atoms with E-state index in [0.717, 1.165) is 64.1 Å². The van der Waals surface area contributed by atoms with Crippen molar-refractivity contribution in [3.63, 3.8) is 0 Å². The number of unbranched alkanes of at least 4 members (excludes halogenated alkanes) is 23. The minimum absolute atomic E-state index is 0.000781. The van der Waals surface area contributed by atoms with Gasteiger partial charge in [0.15, 0.2) is 0 Å². The van der Waals surface area contributed by atoms with Crippen molar-refractivity contribution in [1.29, 1.82) is 2.61 Å². The molecule has 0 aromatic carbocycles. The van der Waals surface area contributed by atoms with E-state index >= 15 is 0 Å². The molecule has 0 bridgehead atoms. The van der Waals surface area contributed by atoms with Crippen molar-refractivity contribution in [2.75, 3.05) is 26.4 Å². The van der Waals surface area contributed by atoms with Crippen LogP contribution < -0.4 is 0 Å². The summed E-state index contributed by atoms with van der Waals surface area (Å²) in [6.07, 6.45) is 33.9. The molecule has 1 radical (unpaired) electrons. The van der Waals surface area contributed by atoms with Crippen LogP contribution >= 0.6 is 19.3 Å². The zero-order valence-electron chi connectivity index (χ0n) is 35.4. The van der Waals surface area contributed by atoms with Crippen LogP contribution in [0.1, 0.15) is 214 Å². The summed E-state index contributed by atoms with van der Waals surface area (Å²) in [6.45, 7) is 10.0. The summed E-state index contributed by atoms with van der Waals surface area (Å²) in [5, 5.41) is 0. The van der Waals surface area contributed by atoms with Gasteiger partial charge in [0.25, 0.3) is 0 Å². The topological polar surface area (TPSA) is 65.1 Å². The van der Waals surface area contributed by atoms with Crippen molar-refractivity contribution in [3.05, 3.63) is 0 Å². The first-order valence-corrected chi connectivity index (χ1v) is 23.5. The minimum Gasteiger partial charge on any atom is -0.462 e. The summed E-state index contributed by atoms with van der Waals surface area (Å²) in [4.78, 5) is 27.5. The summed E-state index contributed by atoms with van der Waals surface area (Å²) < 4.78 is 33.2. The predicted molar refractivity (Wildman–Crippen MR) is 222 cm³/mol. The van der Waals surface area contributed by atoms with Crippen LogP contribution in [0.25, 0.3) is 0 Å². The lowest BCUT2D eigenvalue weighted by atomic mass is 10.1. The van der Waals surface area contributed by atoms with Crippen LogP contribution in [0.4, 0.5) is 0 Å². The average Bonchev–Trinajstić information content (AvgIpc) is 3.13. The van der Waals surface area contributed by atoms with Crippen molar-refractivity contribution in [1.82, 2.24) is 4.90 Å². The van der Waals surface area contributed by atoms with E-state index in [1.165, 1.54) is 128 Å². The molecule has 0 fully saturated rings. The number of rotatable bonds is 41. The van der Waals surface area contributed by atoms with Gasteiger partial charge in [0.2, 0.25) is 5.91 Å². The number of hydrogen-bond acceptors (Lipinski definition) is 6. The molecule has 0 saturated heterocycles. The van der Waals surface area contributed by atoms with Crippen molar-refractivity contribution < 1.29 is 23.2 Å². The molecule has 0 spiro atoms. The second-order valence-electron chi connectivity index (χ2n) is 14.5. The summed E-state index contributed by atoms with van der Waals surface area (Å²) in [6, 6.07) is -0.270. The Kier molecular flexibility index (Phi) is 36.6. The van der Waals surface area contributed by atoms with Crippen LogP contribution in [0, 0.1) is 0 Å². The van der Waals surface area contributed by atoms with E-state index in [1.807, 2.05) is 4.90 Å². The van der Waals surface area contributed by atoms with Gasteiger partial charge in [-0.3, -0.25) is 9.59 Å². The monoisotopic (exact) mass is 746 g/mol. The van der Waals surface area contributed by atoms with E-state index in [-0.39, 0.29) is 30.6 Å². The van der Waals surface area contributed by atoms with Gasteiger partial charge in [-0.25, -0.2) is 0 Å². The van der Waals surface area contributed by atoms with E-state index in [4.69, 9.17) is 16.3 Å². The summed E-state index contributed by atoms with van der Waals surface area (Å²) in [7, 11) is -0.335. The fraction of sp³-hybridized carbons (Fsp3) is 0.951. The van der Waals surface area contributed by atoms with Crippen molar-refractivity contribution >= 4 is 38.7 Å². The lowest BCUT2D eigenvalue weighted by Crippen LogP contribution is -2.45. The highest BCUT2D eigenvalue weighted by Gasteiger charge is 2.22. The number of esters is 1. The molecule has 0 aliphatic rings. The Morgan fingerprint density at radius 3 is 1.68 bits per heavy atom. The summed E-state index contributed by atoms with van der Waals surface area (Å²) in [5.74, 6) is -0.0890. The van der Waals surface area contributed by atoms with Crippen LogP contribution in [-0.4, -0.2) is 65.4 Å². The molecule has 1 amide bonds. The third-order valence-electron chi connectivity index (χ3n) is 9.76. The zero-order chi connectivity index (χ0) is 38.3. The van der Waals surface area contributed by atoms with E-state index in [1.54, 1.807) is 6.92 Å². The van der Waals surface area contributed by atoms with Gasteiger partial charge in [-0.15, -0.1) is 0 Å². The fourth-order valence-corrected chi connectivity index (χ4v) is 7.23. The Bertz CT molecular complexity index is 793. The molecule has 0 aromatic rings. The molecule has 3 atom stereocenters.